The molecule has 5 rings (SSSR count). The molecule has 9 heteroatoms. The maximum atomic E-state index is 13.4. The summed E-state index contributed by atoms with van der Waals surface area (Å²) < 4.78 is 18.7. The molecule has 0 aliphatic heterocycles. The number of carbonyl (C=O) groups is 2. The molecular weight excluding hydrogens is 405 g/mol. The van der Waals surface area contributed by atoms with E-state index >= 15 is 0 Å². The van der Waals surface area contributed by atoms with Crippen LogP contribution in [0.3, 0.4) is 0 Å². The van der Waals surface area contributed by atoms with Crippen molar-refractivity contribution in [1.29, 1.82) is 5.26 Å². The first-order valence-corrected chi connectivity index (χ1v) is 9.73. The summed E-state index contributed by atoms with van der Waals surface area (Å²) in [5, 5.41) is 14.8. The molecule has 28 heavy (non-hydrogen) atoms. The van der Waals surface area contributed by atoms with Crippen LogP contribution in [0.15, 0.2) is 30.3 Å². The number of amides is 2. The smallest absolute Gasteiger partial charge is 0.261 e. The Hall–Kier alpha value is -2.63. The van der Waals surface area contributed by atoms with Crippen LogP contribution in [0.5, 0.6) is 5.75 Å². The Morgan fingerprint density at radius 2 is 1.93 bits per heavy atom. The molecule has 2 bridgehead atoms. The number of nitriles is 1. The lowest BCUT2D eigenvalue weighted by molar-refractivity contribution is -0.141. The molecule has 3 aliphatic carbocycles. The lowest BCUT2D eigenvalue weighted by Crippen LogP contribution is -2.84. The molecule has 2 aromatic rings. The number of nitrogens with zero attached hydrogens (tertiary/aromatic N) is 1. The zero-order chi connectivity index (χ0) is 19.9. The third kappa shape index (κ3) is 3.43. The van der Waals surface area contributed by atoms with Crippen LogP contribution in [0, 0.1) is 17.1 Å². The second-order valence-electron chi connectivity index (χ2n) is 7.23. The molecule has 3 fully saturated rings. The highest BCUT2D eigenvalue weighted by atomic mass is 35.5. The minimum Gasteiger partial charge on any atom is -0.484 e. The summed E-state index contributed by atoms with van der Waals surface area (Å²) in [5.74, 6) is -0.874. The fourth-order valence-electron chi connectivity index (χ4n) is 3.92. The lowest BCUT2D eigenvalue weighted by atomic mass is 9.44. The van der Waals surface area contributed by atoms with Gasteiger partial charge >= 0.3 is 0 Å². The van der Waals surface area contributed by atoms with Crippen LogP contribution in [-0.4, -0.2) is 29.5 Å². The van der Waals surface area contributed by atoms with Gasteiger partial charge in [-0.15, -0.1) is 11.3 Å². The van der Waals surface area contributed by atoms with E-state index in [2.05, 4.69) is 10.6 Å². The summed E-state index contributed by atoms with van der Waals surface area (Å²) in [4.78, 5) is 25.4. The van der Waals surface area contributed by atoms with Crippen molar-refractivity contribution in [3.8, 4) is 11.8 Å². The van der Waals surface area contributed by atoms with Gasteiger partial charge < -0.3 is 15.4 Å². The number of rotatable bonds is 6. The Kier molecular flexibility index (Phi) is 4.52. The van der Waals surface area contributed by atoms with Crippen molar-refractivity contribution in [2.75, 3.05) is 6.61 Å². The predicted molar refractivity (Wildman–Crippen MR) is 101 cm³/mol. The van der Waals surface area contributed by atoms with E-state index in [-0.39, 0.29) is 40.3 Å². The molecule has 3 aliphatic rings. The SMILES string of the molecule is N#Cc1ccc(C(=O)NC23CC(NC(=O)COc4ccc(Cl)c(F)c4)(C2)C3)s1. The summed E-state index contributed by atoms with van der Waals surface area (Å²) in [5.41, 5.74) is -0.604. The van der Waals surface area contributed by atoms with E-state index in [1.54, 1.807) is 12.1 Å². The Morgan fingerprint density at radius 1 is 1.21 bits per heavy atom. The molecule has 0 radical (unpaired) electrons. The highest BCUT2D eigenvalue weighted by Crippen LogP contribution is 2.60. The fraction of sp³-hybridized carbons (Fsp3) is 0.316. The van der Waals surface area contributed by atoms with E-state index < -0.39 is 5.82 Å². The van der Waals surface area contributed by atoms with Crippen LogP contribution in [-0.2, 0) is 4.79 Å². The molecule has 1 aromatic heterocycles. The molecule has 144 valence electrons. The van der Waals surface area contributed by atoms with Crippen LogP contribution >= 0.6 is 22.9 Å². The van der Waals surface area contributed by atoms with Crippen molar-refractivity contribution in [2.24, 2.45) is 0 Å². The second kappa shape index (κ2) is 6.76. The molecule has 0 saturated heterocycles. The third-order valence-electron chi connectivity index (χ3n) is 5.01. The molecule has 1 heterocycles. The average Bonchev–Trinajstić information content (AvgIpc) is 3.09. The van der Waals surface area contributed by atoms with Gasteiger partial charge in [-0.2, -0.15) is 5.26 Å². The fourth-order valence-corrected chi connectivity index (χ4v) is 4.74. The van der Waals surface area contributed by atoms with Gasteiger partial charge in [-0.1, -0.05) is 11.6 Å². The van der Waals surface area contributed by atoms with Gasteiger partial charge in [0.15, 0.2) is 6.61 Å². The van der Waals surface area contributed by atoms with E-state index in [1.165, 1.54) is 12.1 Å². The summed E-state index contributed by atoms with van der Waals surface area (Å²) in [7, 11) is 0. The highest BCUT2D eigenvalue weighted by Gasteiger charge is 2.69. The summed E-state index contributed by atoms with van der Waals surface area (Å²) >= 11 is 6.76. The van der Waals surface area contributed by atoms with Crippen LogP contribution in [0.25, 0.3) is 0 Å². The van der Waals surface area contributed by atoms with Gasteiger partial charge in [0, 0.05) is 17.1 Å². The predicted octanol–water partition coefficient (Wildman–Crippen LogP) is 3.01. The number of nitrogens with one attached hydrogen (secondary N) is 2. The van der Waals surface area contributed by atoms with Gasteiger partial charge in [-0.05, 0) is 43.5 Å². The quantitative estimate of drug-likeness (QED) is 0.753. The number of ether oxygens (including phenoxy) is 1. The molecule has 0 unspecified atom stereocenters. The molecule has 6 nitrogen and oxygen atoms in total. The molecule has 0 spiro atoms. The van der Waals surface area contributed by atoms with Gasteiger partial charge in [-0.25, -0.2) is 4.39 Å². The van der Waals surface area contributed by atoms with Gasteiger partial charge in [0.05, 0.1) is 9.90 Å². The normalized spacial score (nSPS) is 24.3. The maximum absolute atomic E-state index is 13.4. The minimum absolute atomic E-state index is 0.00981. The Labute approximate surface area is 169 Å². The number of halogens is 2. The van der Waals surface area contributed by atoms with Gasteiger partial charge in [0.1, 0.15) is 22.5 Å². The van der Waals surface area contributed by atoms with E-state index in [9.17, 15) is 14.0 Å². The Balaban J connectivity index is 1.24. The van der Waals surface area contributed by atoms with Crippen molar-refractivity contribution in [1.82, 2.24) is 10.6 Å². The molecule has 1 aromatic carbocycles. The van der Waals surface area contributed by atoms with Crippen LogP contribution in [0.4, 0.5) is 4.39 Å². The zero-order valence-electron chi connectivity index (χ0n) is 14.6. The van der Waals surface area contributed by atoms with Crippen molar-refractivity contribution in [3.05, 3.63) is 50.9 Å². The van der Waals surface area contributed by atoms with Crippen LogP contribution < -0.4 is 15.4 Å². The summed E-state index contributed by atoms with van der Waals surface area (Å²) in [6.45, 7) is -0.228. The lowest BCUT2D eigenvalue weighted by Gasteiger charge is -2.70. The second-order valence-corrected chi connectivity index (χ2v) is 8.72. The van der Waals surface area contributed by atoms with E-state index in [0.717, 1.165) is 17.4 Å². The number of hydrogen-bond donors (Lipinski definition) is 2. The first-order valence-electron chi connectivity index (χ1n) is 8.53. The van der Waals surface area contributed by atoms with Crippen molar-refractivity contribution in [3.63, 3.8) is 0 Å². The molecule has 3 saturated carbocycles. The first-order chi connectivity index (χ1) is 13.3. The number of hydrogen-bond acceptors (Lipinski definition) is 5. The van der Waals surface area contributed by atoms with Crippen molar-refractivity contribution >= 4 is 34.8 Å². The average molecular weight is 420 g/mol. The topological polar surface area (TPSA) is 91.2 Å². The first kappa shape index (κ1) is 18.7. The number of thiophene rings is 1. The molecule has 2 N–H and O–H groups in total. The van der Waals surface area contributed by atoms with Gasteiger partial charge in [-0.3, -0.25) is 9.59 Å². The molecule has 0 atom stereocenters. The highest BCUT2D eigenvalue weighted by molar-refractivity contribution is 7.14. The van der Waals surface area contributed by atoms with Crippen LogP contribution in [0.2, 0.25) is 5.02 Å². The van der Waals surface area contributed by atoms with E-state index in [4.69, 9.17) is 21.6 Å². The third-order valence-corrected chi connectivity index (χ3v) is 6.31. The summed E-state index contributed by atoms with van der Waals surface area (Å²) in [6.07, 6.45) is 1.97. The standard InChI is InChI=1S/C19H15ClFN3O3S/c20-13-3-1-11(5-14(13)21)27-7-16(25)23-18-8-19(9-18,10-18)24-17(26)15-4-2-12(6-22)28-15/h1-5H,7-10H2,(H,23,25)(H,24,26). The van der Waals surface area contributed by atoms with Crippen molar-refractivity contribution in [2.45, 2.75) is 30.3 Å². The van der Waals surface area contributed by atoms with E-state index in [1.807, 2.05) is 6.07 Å². The Morgan fingerprint density at radius 3 is 2.57 bits per heavy atom. The van der Waals surface area contributed by atoms with E-state index in [0.29, 0.717) is 29.0 Å². The zero-order valence-corrected chi connectivity index (χ0v) is 16.1. The minimum atomic E-state index is -0.607. The van der Waals surface area contributed by atoms with Gasteiger partial charge in [0.2, 0.25) is 0 Å². The van der Waals surface area contributed by atoms with Crippen molar-refractivity contribution < 1.29 is 18.7 Å². The number of benzene rings is 1. The largest absolute Gasteiger partial charge is 0.484 e. The summed E-state index contributed by atoms with van der Waals surface area (Å²) in [6, 6.07) is 9.26. The van der Waals surface area contributed by atoms with Gasteiger partial charge in [0.25, 0.3) is 11.8 Å². The maximum Gasteiger partial charge on any atom is 0.261 e. The number of carbonyl (C=O) groups excluding carboxylic acids is 2. The van der Waals surface area contributed by atoms with Crippen LogP contribution in [0.1, 0.15) is 33.8 Å². The molecule has 2 amide bonds. The monoisotopic (exact) mass is 419 g/mol. The molecular formula is C19H15ClFN3O3S. The Bertz CT molecular complexity index is 996.